The van der Waals surface area contributed by atoms with Crippen molar-refractivity contribution in [2.45, 2.75) is 10.8 Å². The van der Waals surface area contributed by atoms with Gasteiger partial charge in [0.05, 0.1) is 22.5 Å². The third-order valence-electron chi connectivity index (χ3n) is 3.55. The molecule has 1 aromatic heterocycles. The first kappa shape index (κ1) is 18.9. The topological polar surface area (TPSA) is 53.8 Å². The van der Waals surface area contributed by atoms with Crippen LogP contribution in [0.3, 0.4) is 0 Å². The van der Waals surface area contributed by atoms with Gasteiger partial charge in [0.1, 0.15) is 5.01 Å². The smallest absolute Gasteiger partial charge is 0.167 e. The van der Waals surface area contributed by atoms with Gasteiger partial charge in [-0.05, 0) is 18.2 Å². The van der Waals surface area contributed by atoms with E-state index in [2.05, 4.69) is 11.1 Å². The van der Waals surface area contributed by atoms with E-state index in [0.29, 0.717) is 19.9 Å². The lowest BCUT2D eigenvalue weighted by molar-refractivity contribution is -0.116. The highest BCUT2D eigenvalue weighted by Crippen LogP contribution is 2.32. The van der Waals surface area contributed by atoms with Crippen molar-refractivity contribution in [3.05, 3.63) is 69.0 Å². The van der Waals surface area contributed by atoms with Gasteiger partial charge in [-0.1, -0.05) is 53.5 Å². The summed E-state index contributed by atoms with van der Waals surface area (Å²) in [4.78, 5) is 17.7. The number of thiazole rings is 1. The van der Waals surface area contributed by atoms with Crippen LogP contribution in [0, 0.1) is 11.3 Å². The Morgan fingerprint density at radius 1 is 1.23 bits per heavy atom. The van der Waals surface area contributed by atoms with Gasteiger partial charge in [-0.3, -0.25) is 4.79 Å². The minimum Gasteiger partial charge on any atom is -0.297 e. The van der Waals surface area contributed by atoms with E-state index in [1.165, 1.54) is 23.1 Å². The summed E-state index contributed by atoms with van der Waals surface area (Å²) in [5.74, 6) is -0.969. The predicted molar refractivity (Wildman–Crippen MR) is 108 cm³/mol. The zero-order valence-electron chi connectivity index (χ0n) is 13.4. The van der Waals surface area contributed by atoms with Gasteiger partial charge < -0.3 is 0 Å². The summed E-state index contributed by atoms with van der Waals surface area (Å²) in [7, 11) is 0. The van der Waals surface area contributed by atoms with Crippen LogP contribution in [0.1, 0.15) is 10.9 Å². The third-order valence-corrected chi connectivity index (χ3v) is 6.22. The Morgan fingerprint density at radius 3 is 2.73 bits per heavy atom. The minimum atomic E-state index is -0.886. The van der Waals surface area contributed by atoms with Crippen LogP contribution < -0.4 is 0 Å². The molecule has 0 fully saturated rings. The zero-order valence-corrected chi connectivity index (χ0v) is 16.5. The molecule has 0 aliphatic heterocycles. The van der Waals surface area contributed by atoms with E-state index in [1.54, 1.807) is 18.2 Å². The van der Waals surface area contributed by atoms with Crippen molar-refractivity contribution in [1.29, 1.82) is 5.26 Å². The Bertz CT molecular complexity index is 967. The van der Waals surface area contributed by atoms with E-state index in [4.69, 9.17) is 23.2 Å². The number of Topliss-reactive ketones (excluding diaryl/α,β-unsaturated/α-hetero) is 1. The van der Waals surface area contributed by atoms with E-state index in [1.807, 2.05) is 35.7 Å². The summed E-state index contributed by atoms with van der Waals surface area (Å²) in [5, 5.41) is 12.9. The van der Waals surface area contributed by atoms with Crippen LogP contribution in [0.2, 0.25) is 10.0 Å². The summed E-state index contributed by atoms with van der Waals surface area (Å²) < 4.78 is 0. The number of hydrogen-bond acceptors (Lipinski definition) is 5. The van der Waals surface area contributed by atoms with Crippen LogP contribution >= 0.6 is 46.3 Å². The van der Waals surface area contributed by atoms with Gasteiger partial charge in [-0.2, -0.15) is 5.26 Å². The van der Waals surface area contributed by atoms with Gasteiger partial charge in [0, 0.05) is 20.9 Å². The number of nitrogens with zero attached hydrogens (tertiary/aromatic N) is 2. The second-order valence-electron chi connectivity index (χ2n) is 5.33. The molecule has 3 rings (SSSR count). The molecular weight excluding hydrogens is 407 g/mol. The molecule has 3 aromatic rings. The molecule has 0 aliphatic carbocycles. The molecule has 0 saturated carbocycles. The molecule has 0 radical (unpaired) electrons. The number of nitriles is 1. The fourth-order valence-electron chi connectivity index (χ4n) is 2.25. The van der Waals surface area contributed by atoms with Crippen LogP contribution in [-0.2, 0) is 4.79 Å². The van der Waals surface area contributed by atoms with Crippen LogP contribution in [0.25, 0.3) is 11.3 Å². The average molecular weight is 419 g/mol. The number of hydrogen-bond donors (Lipinski definition) is 0. The van der Waals surface area contributed by atoms with E-state index >= 15 is 0 Å². The van der Waals surface area contributed by atoms with Crippen LogP contribution in [0.4, 0.5) is 0 Å². The molecule has 0 aliphatic rings. The van der Waals surface area contributed by atoms with E-state index in [9.17, 15) is 10.1 Å². The Hall–Kier alpha value is -1.84. The van der Waals surface area contributed by atoms with Crippen molar-refractivity contribution in [1.82, 2.24) is 4.98 Å². The maximum absolute atomic E-state index is 12.5. The summed E-state index contributed by atoms with van der Waals surface area (Å²) in [6.45, 7) is 0. The highest BCUT2D eigenvalue weighted by molar-refractivity contribution is 8.00. The van der Waals surface area contributed by atoms with E-state index < -0.39 is 5.92 Å². The highest BCUT2D eigenvalue weighted by atomic mass is 35.5. The molecule has 2 aromatic carbocycles. The largest absolute Gasteiger partial charge is 0.297 e. The van der Waals surface area contributed by atoms with E-state index in [-0.39, 0.29) is 11.5 Å². The van der Waals surface area contributed by atoms with Crippen molar-refractivity contribution >= 4 is 52.1 Å². The molecular formula is C19H12Cl2N2OS2. The van der Waals surface area contributed by atoms with Gasteiger partial charge in [-0.25, -0.2) is 4.98 Å². The predicted octanol–water partition coefficient (Wildman–Crippen LogP) is 6.09. The van der Waals surface area contributed by atoms with Crippen LogP contribution in [-0.4, -0.2) is 16.5 Å². The lowest BCUT2D eigenvalue weighted by Gasteiger charge is -2.07. The van der Waals surface area contributed by atoms with Crippen molar-refractivity contribution in [2.24, 2.45) is 0 Å². The van der Waals surface area contributed by atoms with Gasteiger partial charge in [-0.15, -0.1) is 23.1 Å². The van der Waals surface area contributed by atoms with Crippen molar-refractivity contribution in [3.8, 4) is 17.3 Å². The lowest BCUT2D eigenvalue weighted by Crippen LogP contribution is -2.13. The molecule has 0 saturated heterocycles. The quantitative estimate of drug-likeness (QED) is 0.454. The summed E-state index contributed by atoms with van der Waals surface area (Å²) in [6, 6.07) is 16.8. The van der Waals surface area contributed by atoms with Crippen molar-refractivity contribution < 1.29 is 4.79 Å². The Morgan fingerprint density at radius 2 is 2.00 bits per heavy atom. The molecule has 1 heterocycles. The molecule has 0 amide bonds. The Labute approximate surface area is 169 Å². The molecule has 0 spiro atoms. The second-order valence-corrected chi connectivity index (χ2v) is 8.08. The molecule has 130 valence electrons. The molecule has 0 unspecified atom stereocenters. The van der Waals surface area contributed by atoms with Crippen molar-refractivity contribution in [3.63, 3.8) is 0 Å². The van der Waals surface area contributed by atoms with Gasteiger partial charge >= 0.3 is 0 Å². The molecule has 1 atom stereocenters. The van der Waals surface area contributed by atoms with Gasteiger partial charge in [0.2, 0.25) is 0 Å². The number of halogens is 2. The SMILES string of the molecule is N#C[C@H](C(=O)CSc1cc(Cl)ccc1Cl)c1nc(-c2ccccc2)cs1. The maximum atomic E-state index is 12.5. The lowest BCUT2D eigenvalue weighted by atomic mass is 10.1. The first-order valence-corrected chi connectivity index (χ1v) is 10.2. The molecule has 0 bridgehead atoms. The second kappa shape index (κ2) is 8.70. The highest BCUT2D eigenvalue weighted by Gasteiger charge is 2.24. The summed E-state index contributed by atoms with van der Waals surface area (Å²) >= 11 is 14.7. The van der Waals surface area contributed by atoms with Crippen LogP contribution in [0.5, 0.6) is 0 Å². The average Bonchev–Trinajstić information content (AvgIpc) is 3.13. The fraction of sp³-hybridized carbons (Fsp3) is 0.105. The summed E-state index contributed by atoms with van der Waals surface area (Å²) in [5.41, 5.74) is 1.73. The van der Waals surface area contributed by atoms with Crippen molar-refractivity contribution in [2.75, 3.05) is 5.75 Å². The zero-order chi connectivity index (χ0) is 18.5. The number of benzene rings is 2. The van der Waals surface area contributed by atoms with E-state index in [0.717, 1.165) is 11.3 Å². The Balaban J connectivity index is 1.73. The fourth-order valence-corrected chi connectivity index (χ4v) is 4.54. The first-order chi connectivity index (χ1) is 12.6. The Kier molecular flexibility index (Phi) is 6.33. The standard InChI is InChI=1S/C19H12Cl2N2OS2/c20-13-6-7-15(21)18(8-13)25-11-17(24)14(9-22)19-23-16(10-26-19)12-4-2-1-3-5-12/h1-8,10,14H,11H2/t14-/m1/s1. The molecule has 0 N–H and O–H groups in total. The molecule has 3 nitrogen and oxygen atoms in total. The monoisotopic (exact) mass is 418 g/mol. The number of carbonyl (C=O) groups is 1. The van der Waals surface area contributed by atoms with Gasteiger partial charge in [0.25, 0.3) is 0 Å². The normalized spacial score (nSPS) is 11.7. The first-order valence-electron chi connectivity index (χ1n) is 7.59. The van der Waals surface area contributed by atoms with Gasteiger partial charge in [0.15, 0.2) is 11.7 Å². The third kappa shape index (κ3) is 4.46. The number of carbonyl (C=O) groups excluding carboxylic acids is 1. The number of rotatable bonds is 6. The maximum Gasteiger partial charge on any atom is 0.167 e. The summed E-state index contributed by atoms with van der Waals surface area (Å²) in [6.07, 6.45) is 0. The molecule has 26 heavy (non-hydrogen) atoms. The molecule has 7 heteroatoms. The number of ketones is 1. The number of aromatic nitrogens is 1. The number of thioether (sulfide) groups is 1. The van der Waals surface area contributed by atoms with Crippen LogP contribution in [0.15, 0.2) is 58.8 Å². The minimum absolute atomic E-state index is 0.124.